The van der Waals surface area contributed by atoms with Crippen molar-refractivity contribution < 1.29 is 4.79 Å². The first kappa shape index (κ1) is 9.45. The molecule has 0 unspecified atom stereocenters. The molecule has 1 aromatic heterocycles. The van der Waals surface area contributed by atoms with Gasteiger partial charge in [0.25, 0.3) is 5.91 Å². The Kier molecular flexibility index (Phi) is 2.41. The van der Waals surface area contributed by atoms with Crippen LogP contribution in [0.3, 0.4) is 0 Å². The number of nitrogens with zero attached hydrogens (tertiary/aromatic N) is 1. The van der Waals surface area contributed by atoms with Gasteiger partial charge in [0.05, 0.1) is 5.56 Å². The van der Waals surface area contributed by atoms with Crippen LogP contribution in [0.5, 0.6) is 0 Å². The van der Waals surface area contributed by atoms with Gasteiger partial charge in [0.2, 0.25) is 0 Å². The lowest BCUT2D eigenvalue weighted by Gasteiger charge is -2.05. The van der Waals surface area contributed by atoms with E-state index in [1.165, 1.54) is 6.20 Å². The standard InChI is InChI=1S/C9H10BrN3O/c10-7-4-12-8(11)3-6(7)9(14)13-5-1-2-5/h3-5H,1-2H2,(H2,11,12)(H,13,14). The van der Waals surface area contributed by atoms with Crippen LogP contribution in [0.2, 0.25) is 0 Å². The minimum atomic E-state index is -0.0894. The smallest absolute Gasteiger partial charge is 0.252 e. The van der Waals surface area contributed by atoms with E-state index in [9.17, 15) is 4.79 Å². The molecule has 1 aliphatic rings. The minimum absolute atomic E-state index is 0.0894. The molecule has 2 rings (SSSR count). The second kappa shape index (κ2) is 3.57. The van der Waals surface area contributed by atoms with Gasteiger partial charge >= 0.3 is 0 Å². The first-order valence-electron chi connectivity index (χ1n) is 4.38. The predicted molar refractivity (Wildman–Crippen MR) is 56.8 cm³/mol. The molecule has 0 spiro atoms. The Hall–Kier alpha value is -1.10. The van der Waals surface area contributed by atoms with E-state index in [1.54, 1.807) is 6.07 Å². The Labute approximate surface area is 90.0 Å². The summed E-state index contributed by atoms with van der Waals surface area (Å²) in [6.07, 6.45) is 3.69. The van der Waals surface area contributed by atoms with Crippen LogP contribution in [0.4, 0.5) is 5.82 Å². The van der Waals surface area contributed by atoms with Crippen molar-refractivity contribution in [1.29, 1.82) is 0 Å². The van der Waals surface area contributed by atoms with Crippen molar-refractivity contribution in [1.82, 2.24) is 10.3 Å². The number of hydrogen-bond donors (Lipinski definition) is 2. The number of carbonyl (C=O) groups excluding carboxylic acids is 1. The Morgan fingerprint density at radius 1 is 1.64 bits per heavy atom. The van der Waals surface area contributed by atoms with Crippen molar-refractivity contribution in [2.75, 3.05) is 5.73 Å². The number of halogens is 1. The maximum absolute atomic E-state index is 11.6. The van der Waals surface area contributed by atoms with Gasteiger partial charge in [0.15, 0.2) is 0 Å². The number of amides is 1. The Balaban J connectivity index is 2.20. The van der Waals surface area contributed by atoms with Gasteiger partial charge in [-0.05, 0) is 34.8 Å². The van der Waals surface area contributed by atoms with Gasteiger partial charge in [-0.15, -0.1) is 0 Å². The molecule has 1 aromatic rings. The van der Waals surface area contributed by atoms with Crippen LogP contribution in [0.15, 0.2) is 16.7 Å². The second-order valence-electron chi connectivity index (χ2n) is 3.34. The lowest BCUT2D eigenvalue weighted by molar-refractivity contribution is 0.0950. The molecule has 0 aliphatic heterocycles. The molecule has 1 heterocycles. The lowest BCUT2D eigenvalue weighted by atomic mass is 10.2. The molecule has 5 heteroatoms. The minimum Gasteiger partial charge on any atom is -0.384 e. The summed E-state index contributed by atoms with van der Waals surface area (Å²) in [6.45, 7) is 0. The summed E-state index contributed by atoms with van der Waals surface area (Å²) in [7, 11) is 0. The third kappa shape index (κ3) is 2.04. The normalized spacial score (nSPS) is 15.2. The van der Waals surface area contributed by atoms with E-state index < -0.39 is 0 Å². The molecule has 4 nitrogen and oxygen atoms in total. The van der Waals surface area contributed by atoms with E-state index in [4.69, 9.17) is 5.73 Å². The Bertz CT molecular complexity index is 376. The number of rotatable bonds is 2. The number of nitrogens with one attached hydrogen (secondary N) is 1. The molecule has 1 saturated carbocycles. The van der Waals surface area contributed by atoms with Crippen LogP contribution in [-0.2, 0) is 0 Å². The fourth-order valence-electron chi connectivity index (χ4n) is 1.12. The highest BCUT2D eigenvalue weighted by Gasteiger charge is 2.24. The van der Waals surface area contributed by atoms with E-state index in [2.05, 4.69) is 26.2 Å². The van der Waals surface area contributed by atoms with Crippen molar-refractivity contribution in [3.8, 4) is 0 Å². The highest BCUT2D eigenvalue weighted by Crippen LogP contribution is 2.22. The van der Waals surface area contributed by atoms with Crippen LogP contribution >= 0.6 is 15.9 Å². The van der Waals surface area contributed by atoms with E-state index in [1.807, 2.05) is 0 Å². The summed E-state index contributed by atoms with van der Waals surface area (Å²) in [4.78, 5) is 15.5. The first-order chi connectivity index (χ1) is 6.66. The summed E-state index contributed by atoms with van der Waals surface area (Å²) in [6, 6.07) is 1.92. The molecule has 0 bridgehead atoms. The highest BCUT2D eigenvalue weighted by atomic mass is 79.9. The predicted octanol–water partition coefficient (Wildman–Crippen LogP) is 1.32. The van der Waals surface area contributed by atoms with E-state index >= 15 is 0 Å². The van der Waals surface area contributed by atoms with E-state index in [0.717, 1.165) is 12.8 Å². The highest BCUT2D eigenvalue weighted by molar-refractivity contribution is 9.10. The topological polar surface area (TPSA) is 68.0 Å². The molecular formula is C9H10BrN3O. The number of hydrogen-bond acceptors (Lipinski definition) is 3. The quantitative estimate of drug-likeness (QED) is 0.838. The van der Waals surface area contributed by atoms with E-state index in [0.29, 0.717) is 21.9 Å². The second-order valence-corrected chi connectivity index (χ2v) is 4.19. The average Bonchev–Trinajstić information content (AvgIpc) is 2.93. The van der Waals surface area contributed by atoms with Crippen molar-refractivity contribution >= 4 is 27.7 Å². The third-order valence-electron chi connectivity index (χ3n) is 2.03. The molecule has 1 fully saturated rings. The largest absolute Gasteiger partial charge is 0.384 e. The van der Waals surface area contributed by atoms with Gasteiger partial charge in [-0.2, -0.15) is 0 Å². The summed E-state index contributed by atoms with van der Waals surface area (Å²) in [5, 5.41) is 2.89. The van der Waals surface area contributed by atoms with Crippen LogP contribution in [0, 0.1) is 0 Å². The van der Waals surface area contributed by atoms with Gasteiger partial charge in [0, 0.05) is 16.7 Å². The van der Waals surface area contributed by atoms with Crippen molar-refractivity contribution in [3.63, 3.8) is 0 Å². The van der Waals surface area contributed by atoms with Crippen LogP contribution in [0.1, 0.15) is 23.2 Å². The number of carbonyl (C=O) groups is 1. The fraction of sp³-hybridized carbons (Fsp3) is 0.333. The zero-order valence-corrected chi connectivity index (χ0v) is 9.04. The summed E-state index contributed by atoms with van der Waals surface area (Å²) in [5.41, 5.74) is 6.05. The Morgan fingerprint density at radius 2 is 2.36 bits per heavy atom. The zero-order chi connectivity index (χ0) is 10.1. The maximum atomic E-state index is 11.6. The van der Waals surface area contributed by atoms with Crippen LogP contribution in [-0.4, -0.2) is 16.9 Å². The molecule has 1 aliphatic carbocycles. The Morgan fingerprint density at radius 3 is 3.00 bits per heavy atom. The molecule has 14 heavy (non-hydrogen) atoms. The molecular weight excluding hydrogens is 246 g/mol. The van der Waals surface area contributed by atoms with Crippen molar-refractivity contribution in [3.05, 3.63) is 22.3 Å². The first-order valence-corrected chi connectivity index (χ1v) is 5.18. The summed E-state index contributed by atoms with van der Waals surface area (Å²) in [5.74, 6) is 0.266. The molecule has 0 atom stereocenters. The number of anilines is 1. The molecule has 3 N–H and O–H groups in total. The van der Waals surface area contributed by atoms with Crippen molar-refractivity contribution in [2.45, 2.75) is 18.9 Å². The van der Waals surface area contributed by atoms with Crippen molar-refractivity contribution in [2.24, 2.45) is 0 Å². The fourth-order valence-corrected chi connectivity index (χ4v) is 1.52. The monoisotopic (exact) mass is 255 g/mol. The summed E-state index contributed by atoms with van der Waals surface area (Å²) >= 11 is 3.26. The van der Waals surface area contributed by atoms with Gasteiger partial charge in [-0.3, -0.25) is 4.79 Å². The van der Waals surface area contributed by atoms with Crippen LogP contribution < -0.4 is 11.1 Å². The number of pyridine rings is 1. The SMILES string of the molecule is Nc1cc(C(=O)NC2CC2)c(Br)cn1. The summed E-state index contributed by atoms with van der Waals surface area (Å²) < 4.78 is 0.671. The number of nitrogens with two attached hydrogens (primary N) is 1. The van der Waals surface area contributed by atoms with Gasteiger partial charge < -0.3 is 11.1 Å². The van der Waals surface area contributed by atoms with Gasteiger partial charge in [-0.1, -0.05) is 0 Å². The van der Waals surface area contributed by atoms with Crippen LogP contribution in [0.25, 0.3) is 0 Å². The maximum Gasteiger partial charge on any atom is 0.252 e. The molecule has 0 radical (unpaired) electrons. The van der Waals surface area contributed by atoms with E-state index in [-0.39, 0.29) is 5.91 Å². The van der Waals surface area contributed by atoms with Gasteiger partial charge in [0.1, 0.15) is 5.82 Å². The number of aromatic nitrogens is 1. The molecule has 0 saturated heterocycles. The number of nitrogen functional groups attached to an aromatic ring is 1. The molecule has 0 aromatic carbocycles. The molecule has 1 amide bonds. The third-order valence-corrected chi connectivity index (χ3v) is 2.67. The lowest BCUT2D eigenvalue weighted by Crippen LogP contribution is -2.25. The molecule has 74 valence electrons. The van der Waals surface area contributed by atoms with Gasteiger partial charge in [-0.25, -0.2) is 4.98 Å². The average molecular weight is 256 g/mol. The zero-order valence-electron chi connectivity index (χ0n) is 7.46.